The maximum Gasteiger partial charge on any atom is 0.511 e. The molecule has 0 saturated carbocycles. The van der Waals surface area contributed by atoms with Crippen LogP contribution in [0.4, 0.5) is 0 Å². The highest BCUT2D eigenvalue weighted by Crippen LogP contribution is 2.44. The second-order valence-electron chi connectivity index (χ2n) is 3.86. The van der Waals surface area contributed by atoms with Crippen molar-refractivity contribution in [3.63, 3.8) is 0 Å². The molecule has 0 aliphatic rings. The van der Waals surface area contributed by atoms with Gasteiger partial charge in [-0.05, 0) is 0 Å². The number of hydrogen-bond donors (Lipinski definition) is 0. The van der Waals surface area contributed by atoms with Crippen molar-refractivity contribution < 1.29 is 35.4 Å². The van der Waals surface area contributed by atoms with E-state index >= 15 is 0 Å². The normalized spacial score (nSPS) is 14.0. The molecule has 0 spiro atoms. The summed E-state index contributed by atoms with van der Waals surface area (Å²) in [5.41, 5.74) is 0. The Kier molecular flexibility index (Phi) is 9.32. The molecule has 0 bridgehead atoms. The summed E-state index contributed by atoms with van der Waals surface area (Å²) in [4.78, 5) is -0.755. The Bertz CT molecular complexity index is 262. The Balaban J connectivity index is 6.24. The Labute approximate surface area is 134 Å². The predicted octanol–water partition coefficient (Wildman–Crippen LogP) is 0.662. The van der Waals surface area contributed by atoms with Gasteiger partial charge in [0.2, 0.25) is 0 Å². The molecule has 0 unspecified atom stereocenters. The largest absolute Gasteiger partial charge is 0.511 e. The van der Waals surface area contributed by atoms with Gasteiger partial charge in [-0.2, -0.15) is 0 Å². The van der Waals surface area contributed by atoms with Crippen molar-refractivity contribution >= 4 is 36.6 Å². The SMILES string of the molecule is CO[Si](Cl)(OC)C([Si](OC)(OC)OC)[Si](OC)(OC)OC. The van der Waals surface area contributed by atoms with E-state index in [2.05, 4.69) is 0 Å². The summed E-state index contributed by atoms with van der Waals surface area (Å²) in [5.74, 6) is 0. The molecule has 0 aromatic rings. The first-order valence-corrected chi connectivity index (χ1v) is 12.5. The minimum Gasteiger partial charge on any atom is -0.386 e. The number of halogens is 1. The number of hydrogen-bond acceptors (Lipinski definition) is 8. The second kappa shape index (κ2) is 9.05. The topological polar surface area (TPSA) is 73.8 Å². The molecule has 128 valence electrons. The lowest BCUT2D eigenvalue weighted by Crippen LogP contribution is -2.70. The van der Waals surface area contributed by atoms with E-state index in [1.807, 2.05) is 0 Å². The van der Waals surface area contributed by atoms with Gasteiger partial charge in [0.05, 0.1) is 0 Å². The zero-order valence-corrected chi connectivity index (χ0v) is 17.5. The summed E-state index contributed by atoms with van der Waals surface area (Å²) in [6.45, 7) is 0. The van der Waals surface area contributed by atoms with Gasteiger partial charge >= 0.3 is 25.5 Å². The van der Waals surface area contributed by atoms with Crippen LogP contribution in [0.15, 0.2) is 0 Å². The molecule has 0 rings (SSSR count). The third kappa shape index (κ3) is 3.94. The standard InChI is InChI=1S/C9H25ClO8Si3/c1-11-19(10,12-2)9(20(13-3,14-4)15-5)21(16-6,17-7)18-8/h9H,1-8H3. The van der Waals surface area contributed by atoms with Crippen molar-refractivity contribution in [2.75, 3.05) is 56.9 Å². The predicted molar refractivity (Wildman–Crippen MR) is 82.9 cm³/mol. The molecule has 0 amide bonds. The fourth-order valence-electron chi connectivity index (χ4n) is 2.16. The highest BCUT2D eigenvalue weighted by molar-refractivity contribution is 7.23. The summed E-state index contributed by atoms with van der Waals surface area (Å²) in [6.07, 6.45) is 0. The molecule has 0 aromatic heterocycles. The summed E-state index contributed by atoms with van der Waals surface area (Å²) < 4.78 is 44.1. The third-order valence-electron chi connectivity index (χ3n) is 3.32. The Hall–Kier alpha value is 0.621. The van der Waals surface area contributed by atoms with E-state index in [-0.39, 0.29) is 0 Å². The lowest BCUT2D eigenvalue weighted by Gasteiger charge is -2.43. The van der Waals surface area contributed by atoms with Gasteiger partial charge in [-0.3, -0.25) is 0 Å². The first kappa shape index (κ1) is 21.6. The minimum atomic E-state index is -3.38. The quantitative estimate of drug-likeness (QED) is 0.382. The van der Waals surface area contributed by atoms with Crippen molar-refractivity contribution in [3.8, 4) is 0 Å². The molecule has 0 aliphatic carbocycles. The molecule has 0 aromatic carbocycles. The highest BCUT2D eigenvalue weighted by Gasteiger charge is 2.75. The zero-order chi connectivity index (χ0) is 16.7. The molecule has 0 fully saturated rings. The van der Waals surface area contributed by atoms with Gasteiger partial charge in [-0.25, -0.2) is 0 Å². The molecule has 12 heteroatoms. The summed E-state index contributed by atoms with van der Waals surface area (Å²) in [5, 5.41) is 0. The molecular weight excluding hydrogens is 356 g/mol. The first-order valence-electron chi connectivity index (χ1n) is 5.95. The van der Waals surface area contributed by atoms with Gasteiger partial charge in [0, 0.05) is 56.9 Å². The Morgan fingerprint density at radius 3 is 0.905 bits per heavy atom. The Morgan fingerprint density at radius 1 is 0.524 bits per heavy atom. The second-order valence-corrected chi connectivity index (χ2v) is 15.7. The third-order valence-corrected chi connectivity index (χ3v) is 19.1. The van der Waals surface area contributed by atoms with Crippen LogP contribution in [0.25, 0.3) is 0 Å². The van der Waals surface area contributed by atoms with Gasteiger partial charge in [-0.15, -0.1) is 0 Å². The van der Waals surface area contributed by atoms with Crippen LogP contribution < -0.4 is 0 Å². The summed E-state index contributed by atoms with van der Waals surface area (Å²) >= 11 is 6.60. The fraction of sp³-hybridized carbons (Fsp3) is 1.00. The van der Waals surface area contributed by atoms with Crippen LogP contribution in [-0.4, -0.2) is 82.4 Å². The van der Waals surface area contributed by atoms with Crippen LogP contribution in [0, 0.1) is 0 Å². The van der Waals surface area contributed by atoms with Gasteiger partial charge in [0.15, 0.2) is 4.79 Å². The maximum atomic E-state index is 6.60. The molecule has 0 saturated heterocycles. The molecule has 21 heavy (non-hydrogen) atoms. The molecule has 0 radical (unpaired) electrons. The molecule has 0 aliphatic heterocycles. The molecule has 0 heterocycles. The summed E-state index contributed by atoms with van der Waals surface area (Å²) in [6, 6.07) is 0. The maximum absolute atomic E-state index is 6.60. The van der Waals surface area contributed by atoms with E-state index in [0.717, 1.165) is 0 Å². The van der Waals surface area contributed by atoms with Gasteiger partial charge in [0.25, 0.3) is 0 Å². The lowest BCUT2D eigenvalue weighted by atomic mass is 11.7. The van der Waals surface area contributed by atoms with Gasteiger partial charge in [0.1, 0.15) is 0 Å². The average Bonchev–Trinajstić information content (AvgIpc) is 2.56. The average molecular weight is 381 g/mol. The van der Waals surface area contributed by atoms with E-state index in [1.54, 1.807) is 0 Å². The van der Waals surface area contributed by atoms with Crippen LogP contribution in [0.2, 0.25) is 4.79 Å². The van der Waals surface area contributed by atoms with E-state index in [0.29, 0.717) is 0 Å². The van der Waals surface area contributed by atoms with Crippen LogP contribution in [0.5, 0.6) is 0 Å². The molecule has 0 N–H and O–H groups in total. The first-order chi connectivity index (χ1) is 9.85. The van der Waals surface area contributed by atoms with Crippen LogP contribution in [0.1, 0.15) is 0 Å². The van der Waals surface area contributed by atoms with Gasteiger partial charge in [-0.1, -0.05) is 11.1 Å². The highest BCUT2D eigenvalue weighted by atomic mass is 35.6. The molecule has 8 nitrogen and oxygen atoms in total. The summed E-state index contributed by atoms with van der Waals surface area (Å²) in [7, 11) is 1.56. The molecule has 0 atom stereocenters. The van der Waals surface area contributed by atoms with Crippen LogP contribution in [-0.2, 0) is 35.4 Å². The van der Waals surface area contributed by atoms with Crippen molar-refractivity contribution in [2.45, 2.75) is 4.79 Å². The monoisotopic (exact) mass is 380 g/mol. The number of rotatable bonds is 11. The van der Waals surface area contributed by atoms with E-state index in [9.17, 15) is 0 Å². The van der Waals surface area contributed by atoms with Crippen molar-refractivity contribution in [1.29, 1.82) is 0 Å². The van der Waals surface area contributed by atoms with E-state index in [1.165, 1.54) is 56.9 Å². The van der Waals surface area contributed by atoms with Crippen molar-refractivity contribution in [1.82, 2.24) is 0 Å². The van der Waals surface area contributed by atoms with Crippen molar-refractivity contribution in [2.24, 2.45) is 0 Å². The smallest absolute Gasteiger partial charge is 0.386 e. The van der Waals surface area contributed by atoms with Crippen LogP contribution >= 0.6 is 11.1 Å². The van der Waals surface area contributed by atoms with Gasteiger partial charge < -0.3 is 35.4 Å². The fourth-order valence-corrected chi connectivity index (χ4v) is 18.4. The zero-order valence-electron chi connectivity index (χ0n) is 13.7. The molecular formula is C9H25ClO8Si3. The van der Waals surface area contributed by atoms with Crippen molar-refractivity contribution in [3.05, 3.63) is 0 Å². The minimum absolute atomic E-state index is 0.755. The Morgan fingerprint density at radius 2 is 0.762 bits per heavy atom. The van der Waals surface area contributed by atoms with E-state index in [4.69, 9.17) is 46.5 Å². The van der Waals surface area contributed by atoms with Crippen LogP contribution in [0.3, 0.4) is 0 Å². The van der Waals surface area contributed by atoms with E-state index < -0.39 is 30.3 Å². The lowest BCUT2D eigenvalue weighted by molar-refractivity contribution is 0.0823.